The maximum Gasteiger partial charge on any atom is 0.0402 e. The van der Waals surface area contributed by atoms with Gasteiger partial charge in [0.25, 0.3) is 0 Å². The van der Waals surface area contributed by atoms with Gasteiger partial charge in [0.2, 0.25) is 0 Å². The summed E-state index contributed by atoms with van der Waals surface area (Å²) >= 11 is 0. The summed E-state index contributed by atoms with van der Waals surface area (Å²) in [5.74, 6) is 0. The Balaban J connectivity index is -0.0000000483. The molecule has 0 bridgehead atoms. The van der Waals surface area contributed by atoms with Gasteiger partial charge in [0.05, 0.1) is 0 Å². The van der Waals surface area contributed by atoms with Crippen LogP contribution in [-0.2, 0) is 0 Å². The molecule has 0 saturated carbocycles. The third kappa shape index (κ3) is 1060. The summed E-state index contributed by atoms with van der Waals surface area (Å²) in [5, 5.41) is 15.1. The molecule has 0 rings (SSSR count). The number of rotatable bonds is 0. The highest BCUT2D eigenvalue weighted by Crippen LogP contribution is 1.30. The average Bonchev–Trinajstić information content (AvgIpc) is 1.75. The second kappa shape index (κ2) is 77.4. The lowest BCUT2D eigenvalue weighted by molar-refractivity contribution is 0.318. The monoisotopic (exact) mass is 120 g/mol. The minimum atomic E-state index is 0.250. The van der Waals surface area contributed by atoms with Crippen molar-refractivity contribution >= 4 is 0 Å². The first-order valence-corrected chi connectivity index (χ1v) is 2.55. The van der Waals surface area contributed by atoms with E-state index in [-0.39, 0.29) is 13.2 Å². The second-order valence-electron chi connectivity index (χ2n) is 0.632. The summed E-state index contributed by atoms with van der Waals surface area (Å²) in [6, 6.07) is 0. The van der Waals surface area contributed by atoms with Crippen LogP contribution in [0, 0.1) is 0 Å². The first kappa shape index (κ1) is 15.6. The highest BCUT2D eigenvalue weighted by Gasteiger charge is 1.34. The van der Waals surface area contributed by atoms with Gasteiger partial charge in [-0.1, -0.05) is 0 Å². The van der Waals surface area contributed by atoms with E-state index in [0.717, 1.165) is 0 Å². The predicted molar refractivity (Wildman–Crippen MR) is 36.8 cm³/mol. The van der Waals surface area contributed by atoms with E-state index in [0.29, 0.717) is 0 Å². The zero-order valence-electron chi connectivity index (χ0n) is 5.72. The van der Waals surface area contributed by atoms with Gasteiger partial charge in [0, 0.05) is 13.2 Å². The number of aliphatic hydroxyl groups excluding tert-OH is 2. The quantitative estimate of drug-likeness (QED) is 0.464. The summed E-state index contributed by atoms with van der Waals surface area (Å²) < 4.78 is 0. The van der Waals surface area contributed by atoms with E-state index in [1.165, 1.54) is 0 Å². The van der Waals surface area contributed by atoms with Crippen LogP contribution >= 0.6 is 0 Å². The Kier molecular flexibility index (Phi) is 151. The highest BCUT2D eigenvalue weighted by molar-refractivity contribution is 4.22. The van der Waals surface area contributed by atoms with Crippen LogP contribution in [0.1, 0.15) is 13.8 Å². The normalized spacial score (nSPS) is 5.00. The molecule has 2 nitrogen and oxygen atoms in total. The minimum Gasteiger partial charge on any atom is -0.397 e. The third-order valence-electron chi connectivity index (χ3n) is 0. The molecule has 0 amide bonds. The smallest absolute Gasteiger partial charge is 0.0402 e. The summed E-state index contributed by atoms with van der Waals surface area (Å²) in [5.41, 5.74) is 0. The van der Waals surface area contributed by atoms with Crippen LogP contribution in [0.2, 0.25) is 0 Å². The molecule has 2 heteroatoms. The van der Waals surface area contributed by atoms with E-state index in [9.17, 15) is 0 Å². The molecule has 0 aliphatic heterocycles. The van der Waals surface area contributed by atoms with Crippen LogP contribution in [0.5, 0.6) is 0 Å². The van der Waals surface area contributed by atoms with Crippen molar-refractivity contribution in [2.75, 3.05) is 13.2 Å². The summed E-state index contributed by atoms with van der Waals surface area (Å²) in [6.45, 7) is 9.86. The van der Waals surface area contributed by atoms with Crippen molar-refractivity contribution in [1.82, 2.24) is 0 Å². The molecular weight excluding hydrogens is 104 g/mol. The molecule has 0 atom stereocenters. The molecular formula is C6H16O2. The Morgan fingerprint density at radius 3 is 1.00 bits per heavy atom. The van der Waals surface area contributed by atoms with Gasteiger partial charge in [0.1, 0.15) is 0 Å². The van der Waals surface area contributed by atoms with E-state index in [1.54, 1.807) is 13.8 Å². The maximum absolute atomic E-state index is 7.57. The largest absolute Gasteiger partial charge is 0.397 e. The molecule has 0 radical (unpaired) electrons. The number of aliphatic hydroxyl groups is 2. The van der Waals surface area contributed by atoms with Gasteiger partial charge < -0.3 is 10.2 Å². The van der Waals surface area contributed by atoms with Crippen LogP contribution in [0.4, 0.5) is 0 Å². The fourth-order valence-corrected chi connectivity index (χ4v) is 0. The van der Waals surface area contributed by atoms with E-state index in [1.807, 2.05) is 0 Å². The summed E-state index contributed by atoms with van der Waals surface area (Å²) in [7, 11) is 0. The van der Waals surface area contributed by atoms with Crippen molar-refractivity contribution < 1.29 is 10.2 Å². The molecule has 0 unspecified atom stereocenters. The molecule has 0 aromatic carbocycles. The zero-order chi connectivity index (χ0) is 7.41. The molecule has 0 aliphatic carbocycles. The van der Waals surface area contributed by atoms with Gasteiger partial charge in [-0.15, -0.1) is 13.2 Å². The lowest BCUT2D eigenvalue weighted by Gasteiger charge is -1.52. The van der Waals surface area contributed by atoms with Crippen LogP contribution < -0.4 is 0 Å². The van der Waals surface area contributed by atoms with E-state index in [4.69, 9.17) is 10.2 Å². The SMILES string of the molecule is C=C.CCO.CCO. The lowest BCUT2D eigenvalue weighted by atomic mass is 10.9. The Hall–Kier alpha value is -0.340. The molecule has 0 aromatic heterocycles. The van der Waals surface area contributed by atoms with Crippen LogP contribution in [0.15, 0.2) is 13.2 Å². The molecule has 52 valence electrons. The van der Waals surface area contributed by atoms with Gasteiger partial charge >= 0.3 is 0 Å². The van der Waals surface area contributed by atoms with E-state index >= 15 is 0 Å². The van der Waals surface area contributed by atoms with Gasteiger partial charge in [-0.2, -0.15) is 0 Å². The molecule has 0 spiro atoms. The van der Waals surface area contributed by atoms with Gasteiger partial charge in [-0.05, 0) is 13.8 Å². The van der Waals surface area contributed by atoms with Gasteiger partial charge in [-0.25, -0.2) is 0 Å². The van der Waals surface area contributed by atoms with Crippen LogP contribution in [0.25, 0.3) is 0 Å². The lowest BCUT2D eigenvalue weighted by Crippen LogP contribution is -1.57. The van der Waals surface area contributed by atoms with Crippen molar-refractivity contribution in [3.63, 3.8) is 0 Å². The first-order valence-electron chi connectivity index (χ1n) is 2.55. The van der Waals surface area contributed by atoms with E-state index in [2.05, 4.69) is 13.2 Å². The van der Waals surface area contributed by atoms with Crippen molar-refractivity contribution in [3.05, 3.63) is 13.2 Å². The maximum atomic E-state index is 7.57. The molecule has 0 fully saturated rings. The molecule has 0 saturated heterocycles. The summed E-state index contributed by atoms with van der Waals surface area (Å²) in [4.78, 5) is 0. The van der Waals surface area contributed by atoms with Crippen LogP contribution in [0.3, 0.4) is 0 Å². The first-order chi connectivity index (χ1) is 3.83. The Morgan fingerprint density at radius 2 is 1.00 bits per heavy atom. The zero-order valence-corrected chi connectivity index (χ0v) is 5.72. The fraction of sp³-hybridized carbons (Fsp3) is 0.667. The average molecular weight is 120 g/mol. The molecule has 0 aromatic rings. The Morgan fingerprint density at radius 1 is 1.00 bits per heavy atom. The fourth-order valence-electron chi connectivity index (χ4n) is 0. The van der Waals surface area contributed by atoms with Gasteiger partial charge in [-0.3, -0.25) is 0 Å². The molecule has 0 aliphatic rings. The van der Waals surface area contributed by atoms with E-state index < -0.39 is 0 Å². The van der Waals surface area contributed by atoms with Crippen molar-refractivity contribution in [2.24, 2.45) is 0 Å². The molecule has 8 heavy (non-hydrogen) atoms. The van der Waals surface area contributed by atoms with Crippen molar-refractivity contribution in [1.29, 1.82) is 0 Å². The third-order valence-corrected chi connectivity index (χ3v) is 0. The Bertz CT molecular complexity index is 14.0. The Labute approximate surface area is 51.5 Å². The van der Waals surface area contributed by atoms with Crippen molar-refractivity contribution in [2.45, 2.75) is 13.8 Å². The topological polar surface area (TPSA) is 40.5 Å². The number of hydrogen-bond donors (Lipinski definition) is 2. The summed E-state index contributed by atoms with van der Waals surface area (Å²) in [6.07, 6.45) is 0. The van der Waals surface area contributed by atoms with Gasteiger partial charge in [0.15, 0.2) is 0 Å². The van der Waals surface area contributed by atoms with Crippen molar-refractivity contribution in [3.8, 4) is 0 Å². The molecule has 0 heterocycles. The second-order valence-corrected chi connectivity index (χ2v) is 0.632. The number of hydrogen-bond acceptors (Lipinski definition) is 2. The predicted octanol–water partition coefficient (Wildman–Crippen LogP) is 0.799. The molecule has 2 N–H and O–H groups in total. The van der Waals surface area contributed by atoms with Crippen LogP contribution in [-0.4, -0.2) is 23.4 Å². The minimum absolute atomic E-state index is 0.250. The highest BCUT2D eigenvalue weighted by atomic mass is 16.3. The standard InChI is InChI=1S/2C2H6O.C2H4/c2*1-2-3;1-2/h2*3H,2H2,1H3;1-2H2.